The maximum absolute atomic E-state index is 5.42. The van der Waals surface area contributed by atoms with Gasteiger partial charge in [0, 0.05) is 16.6 Å². The van der Waals surface area contributed by atoms with Crippen LogP contribution in [0.2, 0.25) is 0 Å². The van der Waals surface area contributed by atoms with E-state index < -0.39 is 0 Å². The van der Waals surface area contributed by atoms with E-state index in [1.54, 1.807) is 6.21 Å². The van der Waals surface area contributed by atoms with Crippen molar-refractivity contribution < 1.29 is 0 Å². The van der Waals surface area contributed by atoms with Gasteiger partial charge in [0.15, 0.2) is 0 Å². The van der Waals surface area contributed by atoms with Crippen LogP contribution in [0, 0.1) is 0 Å². The maximum Gasteiger partial charge on any atom is 0.211 e. The standard InChI is InChI=1S/C22H19N5/c23-22(24)26-25-15-19-18-13-7-8-14-20(18)27(17-11-5-2-6-12-17)21(19)16-9-3-1-4-10-16/h1-15H,(H4,23,24,26). The first kappa shape index (κ1) is 16.6. The van der Waals surface area contributed by atoms with Crippen molar-refractivity contribution in [2.75, 3.05) is 0 Å². The summed E-state index contributed by atoms with van der Waals surface area (Å²) in [6.45, 7) is 0. The van der Waals surface area contributed by atoms with Crippen molar-refractivity contribution >= 4 is 23.1 Å². The van der Waals surface area contributed by atoms with Crippen LogP contribution in [0.1, 0.15) is 5.56 Å². The molecule has 4 aromatic rings. The van der Waals surface area contributed by atoms with Crippen LogP contribution >= 0.6 is 0 Å². The van der Waals surface area contributed by atoms with E-state index in [1.807, 2.05) is 48.5 Å². The summed E-state index contributed by atoms with van der Waals surface area (Å²) in [6, 6.07) is 28.7. The molecule has 0 bridgehead atoms. The number of hydrogen-bond donors (Lipinski definition) is 2. The van der Waals surface area contributed by atoms with Gasteiger partial charge in [0.1, 0.15) is 0 Å². The summed E-state index contributed by atoms with van der Waals surface area (Å²) in [6.07, 6.45) is 1.71. The molecule has 0 unspecified atom stereocenters. The highest BCUT2D eigenvalue weighted by Gasteiger charge is 2.18. The van der Waals surface area contributed by atoms with Gasteiger partial charge in [-0.05, 0) is 23.8 Å². The van der Waals surface area contributed by atoms with Crippen LogP contribution in [0.4, 0.5) is 0 Å². The molecule has 4 N–H and O–H groups in total. The Kier molecular flexibility index (Phi) is 4.41. The van der Waals surface area contributed by atoms with E-state index in [0.29, 0.717) is 0 Å². The summed E-state index contributed by atoms with van der Waals surface area (Å²) >= 11 is 0. The topological polar surface area (TPSA) is 81.7 Å². The molecule has 5 nitrogen and oxygen atoms in total. The van der Waals surface area contributed by atoms with E-state index in [9.17, 15) is 0 Å². The highest BCUT2D eigenvalue weighted by Crippen LogP contribution is 2.35. The van der Waals surface area contributed by atoms with Gasteiger partial charge >= 0.3 is 0 Å². The third kappa shape index (κ3) is 3.18. The summed E-state index contributed by atoms with van der Waals surface area (Å²) in [5.74, 6) is -0.0701. The molecule has 4 rings (SSSR count). The average molecular weight is 353 g/mol. The summed E-state index contributed by atoms with van der Waals surface area (Å²) < 4.78 is 2.24. The fourth-order valence-electron chi connectivity index (χ4n) is 3.27. The van der Waals surface area contributed by atoms with E-state index in [2.05, 4.69) is 51.2 Å². The van der Waals surface area contributed by atoms with Crippen LogP contribution < -0.4 is 11.5 Å². The number of aromatic nitrogens is 1. The van der Waals surface area contributed by atoms with Gasteiger partial charge in [-0.25, -0.2) is 0 Å². The largest absolute Gasteiger partial charge is 0.369 e. The van der Waals surface area contributed by atoms with Crippen molar-refractivity contribution in [2.45, 2.75) is 0 Å². The van der Waals surface area contributed by atoms with Gasteiger partial charge in [-0.3, -0.25) is 0 Å². The third-order valence-electron chi connectivity index (χ3n) is 4.34. The molecule has 0 aliphatic carbocycles. The minimum atomic E-state index is -0.0701. The van der Waals surface area contributed by atoms with E-state index >= 15 is 0 Å². The van der Waals surface area contributed by atoms with E-state index in [0.717, 1.165) is 33.4 Å². The first-order valence-corrected chi connectivity index (χ1v) is 8.62. The lowest BCUT2D eigenvalue weighted by molar-refractivity contribution is 1.13. The number of hydrogen-bond acceptors (Lipinski definition) is 2. The molecule has 27 heavy (non-hydrogen) atoms. The fourth-order valence-corrected chi connectivity index (χ4v) is 3.27. The van der Waals surface area contributed by atoms with Crippen LogP contribution in [0.25, 0.3) is 27.8 Å². The quantitative estimate of drug-likeness (QED) is 0.331. The average Bonchev–Trinajstić information content (AvgIpc) is 3.03. The van der Waals surface area contributed by atoms with E-state index in [-0.39, 0.29) is 5.96 Å². The Balaban J connectivity index is 2.09. The SMILES string of the molecule is NC(N)=NN=Cc1c(-c2ccccc2)n(-c2ccccc2)c2ccccc12. The lowest BCUT2D eigenvalue weighted by Gasteiger charge is -2.12. The van der Waals surface area contributed by atoms with Crippen LogP contribution in [0.3, 0.4) is 0 Å². The molecule has 1 aromatic heterocycles. The van der Waals surface area contributed by atoms with E-state index in [1.165, 1.54) is 0 Å². The Labute approximate surface area is 157 Å². The summed E-state index contributed by atoms with van der Waals surface area (Å²) in [4.78, 5) is 0. The normalized spacial score (nSPS) is 11.1. The zero-order chi connectivity index (χ0) is 18.6. The van der Waals surface area contributed by atoms with Gasteiger partial charge in [0.25, 0.3) is 0 Å². The number of rotatable bonds is 4. The lowest BCUT2D eigenvalue weighted by Crippen LogP contribution is -2.21. The molecule has 0 saturated carbocycles. The molecule has 132 valence electrons. The van der Waals surface area contributed by atoms with Crippen molar-refractivity contribution in [1.82, 2.24) is 4.57 Å². The van der Waals surface area contributed by atoms with E-state index in [4.69, 9.17) is 11.5 Å². The minimum absolute atomic E-state index is 0.0701. The van der Waals surface area contributed by atoms with Crippen molar-refractivity contribution in [1.29, 1.82) is 0 Å². The van der Waals surface area contributed by atoms with Gasteiger partial charge in [-0.1, -0.05) is 66.7 Å². The van der Waals surface area contributed by atoms with Gasteiger partial charge in [0.2, 0.25) is 5.96 Å². The molecule has 0 amide bonds. The van der Waals surface area contributed by atoms with Gasteiger partial charge in [0.05, 0.1) is 17.4 Å². The molecule has 0 aliphatic heterocycles. The van der Waals surface area contributed by atoms with Gasteiger partial charge in [-0.2, -0.15) is 5.10 Å². The zero-order valence-electron chi connectivity index (χ0n) is 14.7. The second-order valence-corrected chi connectivity index (χ2v) is 6.09. The van der Waals surface area contributed by atoms with Gasteiger partial charge < -0.3 is 16.0 Å². The van der Waals surface area contributed by atoms with Crippen LogP contribution in [-0.2, 0) is 0 Å². The first-order valence-electron chi connectivity index (χ1n) is 8.62. The maximum atomic E-state index is 5.42. The number of fused-ring (bicyclic) bond motifs is 1. The van der Waals surface area contributed by atoms with Crippen molar-refractivity contribution in [2.24, 2.45) is 21.7 Å². The molecule has 0 aliphatic rings. The zero-order valence-corrected chi connectivity index (χ0v) is 14.7. The predicted molar refractivity (Wildman–Crippen MR) is 112 cm³/mol. The Bertz CT molecular complexity index is 1120. The molecule has 5 heteroatoms. The molecule has 0 saturated heterocycles. The molecule has 0 fully saturated rings. The van der Waals surface area contributed by atoms with Crippen molar-refractivity contribution in [3.8, 4) is 16.9 Å². The lowest BCUT2D eigenvalue weighted by atomic mass is 10.1. The highest BCUT2D eigenvalue weighted by atomic mass is 15.3. The predicted octanol–water partition coefficient (Wildman–Crippen LogP) is 3.90. The summed E-state index contributed by atoms with van der Waals surface area (Å²) in [5, 5.41) is 8.94. The van der Waals surface area contributed by atoms with Crippen molar-refractivity contribution in [3.63, 3.8) is 0 Å². The molecular formula is C22H19N5. The molecule has 0 atom stereocenters. The fraction of sp³-hybridized carbons (Fsp3) is 0. The summed E-state index contributed by atoms with van der Waals surface area (Å²) in [5.41, 5.74) is 16.1. The smallest absolute Gasteiger partial charge is 0.211 e. The number of benzene rings is 3. The molecule has 0 spiro atoms. The highest BCUT2D eigenvalue weighted by molar-refractivity contribution is 6.07. The van der Waals surface area contributed by atoms with Crippen molar-refractivity contribution in [3.05, 3.63) is 90.5 Å². The molecule has 1 heterocycles. The second kappa shape index (κ2) is 7.17. The Morgan fingerprint density at radius 3 is 2.11 bits per heavy atom. The number of para-hydroxylation sites is 2. The molecule has 3 aromatic carbocycles. The number of nitrogens with zero attached hydrogens (tertiary/aromatic N) is 3. The molecule has 0 radical (unpaired) electrons. The third-order valence-corrected chi connectivity index (χ3v) is 4.34. The Morgan fingerprint density at radius 2 is 1.41 bits per heavy atom. The monoisotopic (exact) mass is 353 g/mol. The Hall–Kier alpha value is -3.86. The van der Waals surface area contributed by atoms with Crippen LogP contribution in [-0.4, -0.2) is 16.7 Å². The van der Waals surface area contributed by atoms with Crippen LogP contribution in [0.15, 0.2) is 95.1 Å². The summed E-state index contributed by atoms with van der Waals surface area (Å²) in [7, 11) is 0. The number of nitrogens with two attached hydrogens (primary N) is 2. The number of guanidine groups is 1. The molecular weight excluding hydrogens is 334 g/mol. The minimum Gasteiger partial charge on any atom is -0.369 e. The van der Waals surface area contributed by atoms with Gasteiger partial charge in [-0.15, -0.1) is 5.10 Å². The first-order chi connectivity index (χ1) is 13.3. The Morgan fingerprint density at radius 1 is 0.778 bits per heavy atom. The second-order valence-electron chi connectivity index (χ2n) is 6.09. The van der Waals surface area contributed by atoms with Crippen LogP contribution in [0.5, 0.6) is 0 Å².